The molecule has 0 spiro atoms. The largest absolute Gasteiger partial charge is 0.478 e. The van der Waals surface area contributed by atoms with Crippen molar-refractivity contribution in [3.8, 4) is 0 Å². The number of carboxylic acids is 1. The van der Waals surface area contributed by atoms with Gasteiger partial charge in [-0.15, -0.1) is 23.7 Å². The van der Waals surface area contributed by atoms with Crippen LogP contribution in [0.4, 0.5) is 5.69 Å². The number of benzene rings is 1. The van der Waals surface area contributed by atoms with Crippen molar-refractivity contribution in [3.63, 3.8) is 0 Å². The number of aromatic carboxylic acids is 1. The van der Waals surface area contributed by atoms with E-state index in [9.17, 15) is 4.79 Å². The van der Waals surface area contributed by atoms with Crippen LogP contribution in [0.1, 0.15) is 20.1 Å². The molecule has 0 radical (unpaired) electrons. The number of carboxylic acid groups (broad SMARTS) is 1. The Morgan fingerprint density at radius 2 is 2.11 bits per heavy atom. The summed E-state index contributed by atoms with van der Waals surface area (Å²) in [5.74, 6) is -0.902. The second-order valence-electron chi connectivity index (χ2n) is 3.75. The van der Waals surface area contributed by atoms with Gasteiger partial charge in [0.15, 0.2) is 0 Å². The van der Waals surface area contributed by atoms with Gasteiger partial charge in [-0.25, -0.2) is 4.79 Å². The molecule has 2 N–H and O–H groups in total. The zero-order chi connectivity index (χ0) is 12.3. The van der Waals surface area contributed by atoms with Gasteiger partial charge in [-0.2, -0.15) is 0 Å². The van der Waals surface area contributed by atoms with Gasteiger partial charge in [0.2, 0.25) is 0 Å². The Morgan fingerprint density at radius 1 is 1.33 bits per heavy atom. The van der Waals surface area contributed by atoms with Gasteiger partial charge in [0.1, 0.15) is 0 Å². The van der Waals surface area contributed by atoms with Crippen LogP contribution < -0.4 is 5.32 Å². The summed E-state index contributed by atoms with van der Waals surface area (Å²) in [6.45, 7) is 2.79. The van der Waals surface area contributed by atoms with Crippen LogP contribution in [-0.2, 0) is 6.54 Å². The third-order valence-electron chi connectivity index (χ3n) is 2.37. The predicted octanol–water partition coefficient (Wildman–Crippen LogP) is 3.79. The van der Waals surface area contributed by atoms with Crippen molar-refractivity contribution in [1.29, 1.82) is 0 Å². The number of anilines is 1. The first-order chi connectivity index (χ1) is 8.15. The van der Waals surface area contributed by atoms with Crippen LogP contribution in [0.3, 0.4) is 0 Å². The van der Waals surface area contributed by atoms with E-state index < -0.39 is 5.97 Å². The lowest BCUT2D eigenvalue weighted by Gasteiger charge is -2.05. The van der Waals surface area contributed by atoms with Crippen LogP contribution in [0.15, 0.2) is 36.4 Å². The van der Waals surface area contributed by atoms with Gasteiger partial charge in [-0.1, -0.05) is 6.07 Å². The molecule has 0 aliphatic heterocycles. The highest BCUT2D eigenvalue weighted by Gasteiger charge is 2.03. The molecule has 0 saturated carbocycles. The Balaban J connectivity index is 0.00000162. The quantitative estimate of drug-likeness (QED) is 0.897. The Hall–Kier alpha value is -1.52. The summed E-state index contributed by atoms with van der Waals surface area (Å²) < 4.78 is 0. The minimum atomic E-state index is -0.902. The minimum absolute atomic E-state index is 0. The summed E-state index contributed by atoms with van der Waals surface area (Å²) in [5.41, 5.74) is 1.13. The van der Waals surface area contributed by atoms with Gasteiger partial charge >= 0.3 is 5.97 Å². The number of carbonyl (C=O) groups is 1. The molecule has 0 unspecified atom stereocenters. The number of nitrogens with one attached hydrogen (secondary N) is 1. The van der Waals surface area contributed by atoms with Crippen LogP contribution in [0, 0.1) is 6.92 Å². The van der Waals surface area contributed by atoms with Crippen molar-refractivity contribution in [2.75, 3.05) is 5.32 Å². The molecule has 0 saturated heterocycles. The third-order valence-corrected chi connectivity index (χ3v) is 3.37. The van der Waals surface area contributed by atoms with Gasteiger partial charge < -0.3 is 10.4 Å². The minimum Gasteiger partial charge on any atom is -0.478 e. The van der Waals surface area contributed by atoms with E-state index in [0.29, 0.717) is 5.56 Å². The Labute approximate surface area is 116 Å². The highest BCUT2D eigenvalue weighted by atomic mass is 35.5. The fraction of sp³-hybridized carbons (Fsp3) is 0.154. The summed E-state index contributed by atoms with van der Waals surface area (Å²) in [6.07, 6.45) is 0. The Kier molecular flexibility index (Phi) is 5.19. The average Bonchev–Trinajstić information content (AvgIpc) is 2.73. The number of rotatable bonds is 4. The average molecular weight is 284 g/mol. The van der Waals surface area contributed by atoms with Crippen molar-refractivity contribution in [2.24, 2.45) is 0 Å². The monoisotopic (exact) mass is 283 g/mol. The van der Waals surface area contributed by atoms with E-state index in [4.69, 9.17) is 5.11 Å². The van der Waals surface area contributed by atoms with Crippen molar-refractivity contribution >= 4 is 35.4 Å². The van der Waals surface area contributed by atoms with Gasteiger partial charge in [0.25, 0.3) is 0 Å². The van der Waals surface area contributed by atoms with E-state index in [1.165, 1.54) is 9.75 Å². The zero-order valence-corrected chi connectivity index (χ0v) is 11.5. The molecule has 1 heterocycles. The number of halogens is 1. The molecule has 0 aliphatic carbocycles. The molecule has 18 heavy (non-hydrogen) atoms. The van der Waals surface area contributed by atoms with Gasteiger partial charge in [-0.3, -0.25) is 0 Å². The van der Waals surface area contributed by atoms with E-state index in [1.807, 2.05) is 6.07 Å². The maximum atomic E-state index is 10.8. The lowest BCUT2D eigenvalue weighted by atomic mass is 10.2. The normalized spacial score (nSPS) is 9.61. The first kappa shape index (κ1) is 14.5. The summed E-state index contributed by atoms with van der Waals surface area (Å²) in [4.78, 5) is 13.3. The van der Waals surface area contributed by atoms with E-state index >= 15 is 0 Å². The topological polar surface area (TPSA) is 49.3 Å². The maximum Gasteiger partial charge on any atom is 0.335 e. The number of aryl methyl sites for hydroxylation is 1. The first-order valence-corrected chi connectivity index (χ1v) is 6.09. The smallest absolute Gasteiger partial charge is 0.335 e. The molecule has 2 aromatic rings. The van der Waals surface area contributed by atoms with Crippen molar-refractivity contribution in [3.05, 3.63) is 51.7 Å². The summed E-state index contributed by atoms with van der Waals surface area (Å²) in [6, 6.07) is 11.0. The molecular weight excluding hydrogens is 270 g/mol. The first-order valence-electron chi connectivity index (χ1n) is 5.28. The molecule has 0 aliphatic rings. The maximum absolute atomic E-state index is 10.8. The van der Waals surface area contributed by atoms with Crippen LogP contribution in [0.25, 0.3) is 0 Å². The van der Waals surface area contributed by atoms with Gasteiger partial charge in [0.05, 0.1) is 5.56 Å². The molecule has 96 valence electrons. The van der Waals surface area contributed by atoms with E-state index in [2.05, 4.69) is 24.4 Å². The number of hydrogen-bond acceptors (Lipinski definition) is 3. The van der Waals surface area contributed by atoms with Crippen LogP contribution in [0.5, 0.6) is 0 Å². The molecular formula is C13H14ClNO2S. The van der Waals surface area contributed by atoms with Crippen LogP contribution in [0.2, 0.25) is 0 Å². The molecule has 0 fully saturated rings. The Morgan fingerprint density at radius 3 is 2.72 bits per heavy atom. The highest BCUT2D eigenvalue weighted by Crippen LogP contribution is 2.17. The summed E-state index contributed by atoms with van der Waals surface area (Å²) in [7, 11) is 0. The van der Waals surface area contributed by atoms with E-state index in [0.717, 1.165) is 12.2 Å². The Bertz CT molecular complexity index is 539. The third kappa shape index (κ3) is 3.75. The molecule has 5 heteroatoms. The molecule has 3 nitrogen and oxygen atoms in total. The fourth-order valence-electron chi connectivity index (χ4n) is 1.53. The molecule has 2 rings (SSSR count). The standard InChI is InChI=1S/C13H13NO2S.ClH/c1-9-5-6-12(17-9)8-14-11-4-2-3-10(7-11)13(15)16;/h2-7,14H,8H2,1H3,(H,15,16);1H. The van der Waals surface area contributed by atoms with Gasteiger partial charge in [0, 0.05) is 22.0 Å². The SMILES string of the molecule is Cc1ccc(CNc2cccc(C(=O)O)c2)s1.Cl. The van der Waals surface area contributed by atoms with Crippen LogP contribution in [-0.4, -0.2) is 11.1 Å². The van der Waals surface area contributed by atoms with Crippen molar-refractivity contribution < 1.29 is 9.90 Å². The fourth-order valence-corrected chi connectivity index (χ4v) is 2.36. The lowest BCUT2D eigenvalue weighted by molar-refractivity contribution is 0.0697. The lowest BCUT2D eigenvalue weighted by Crippen LogP contribution is -2.00. The number of thiophene rings is 1. The molecule has 0 bridgehead atoms. The predicted molar refractivity (Wildman–Crippen MR) is 77.0 cm³/mol. The molecule has 0 amide bonds. The van der Waals surface area contributed by atoms with Crippen LogP contribution >= 0.6 is 23.7 Å². The summed E-state index contributed by atoms with van der Waals surface area (Å²) in [5, 5.41) is 12.1. The molecule has 0 atom stereocenters. The van der Waals surface area contributed by atoms with Gasteiger partial charge in [-0.05, 0) is 37.3 Å². The van der Waals surface area contributed by atoms with Crippen molar-refractivity contribution in [2.45, 2.75) is 13.5 Å². The number of hydrogen-bond donors (Lipinski definition) is 2. The second kappa shape index (κ2) is 6.42. The summed E-state index contributed by atoms with van der Waals surface area (Å²) >= 11 is 1.74. The second-order valence-corrected chi connectivity index (χ2v) is 5.12. The molecule has 1 aromatic heterocycles. The van der Waals surface area contributed by atoms with E-state index in [1.54, 1.807) is 29.5 Å². The highest BCUT2D eigenvalue weighted by molar-refractivity contribution is 7.11. The molecule has 1 aromatic carbocycles. The van der Waals surface area contributed by atoms with Crippen molar-refractivity contribution in [1.82, 2.24) is 0 Å². The zero-order valence-electron chi connectivity index (χ0n) is 9.84. The van der Waals surface area contributed by atoms with E-state index in [-0.39, 0.29) is 12.4 Å².